The van der Waals surface area contributed by atoms with Crippen molar-refractivity contribution in [1.29, 1.82) is 0 Å². The zero-order chi connectivity index (χ0) is 12.7. The molecule has 1 rings (SSSR count). The molecule has 0 aliphatic carbocycles. The highest BCUT2D eigenvalue weighted by molar-refractivity contribution is 5.65. The normalized spacial score (nSPS) is 21.4. The highest BCUT2D eigenvalue weighted by atomic mass is 16.5. The summed E-state index contributed by atoms with van der Waals surface area (Å²) in [5.41, 5.74) is 8.31. The molecule has 7 nitrogen and oxygen atoms in total. The van der Waals surface area contributed by atoms with Crippen molar-refractivity contribution in [3.8, 4) is 0 Å². The van der Waals surface area contributed by atoms with Crippen LogP contribution in [0.25, 0.3) is 10.4 Å². The van der Waals surface area contributed by atoms with E-state index >= 15 is 0 Å². The number of hydrogen-bond donors (Lipinski definition) is 1. The molecule has 1 N–H and O–H groups in total. The van der Waals surface area contributed by atoms with E-state index in [9.17, 15) is 4.79 Å². The SMILES string of the molecule is CN(C(=O)O)[C@H](CN=[N+]=[N-])CC1CCCOC1. The maximum Gasteiger partial charge on any atom is 0.407 e. The molecule has 0 aromatic carbocycles. The standard InChI is InChI=1S/C10H18N4O3/c1-14(10(15)16)9(6-12-13-11)5-8-3-2-4-17-7-8/h8-9H,2-7H2,1H3,(H,15,16)/t8?,9-/m0/s1. The maximum absolute atomic E-state index is 10.9. The van der Waals surface area contributed by atoms with Gasteiger partial charge in [0.05, 0.1) is 0 Å². The van der Waals surface area contributed by atoms with E-state index in [-0.39, 0.29) is 12.6 Å². The first-order chi connectivity index (χ1) is 8.15. The highest BCUT2D eigenvalue weighted by Crippen LogP contribution is 2.21. The Morgan fingerprint density at radius 1 is 1.76 bits per heavy atom. The minimum atomic E-state index is -1.00. The second kappa shape index (κ2) is 6.98. The monoisotopic (exact) mass is 242 g/mol. The Morgan fingerprint density at radius 2 is 2.53 bits per heavy atom. The Bertz CT molecular complexity index is 298. The van der Waals surface area contributed by atoms with Gasteiger partial charge in [0.25, 0.3) is 0 Å². The number of rotatable bonds is 5. The van der Waals surface area contributed by atoms with E-state index in [4.69, 9.17) is 15.4 Å². The molecule has 1 amide bonds. The van der Waals surface area contributed by atoms with Crippen molar-refractivity contribution in [3.63, 3.8) is 0 Å². The van der Waals surface area contributed by atoms with Crippen LogP contribution in [-0.4, -0.2) is 48.9 Å². The summed E-state index contributed by atoms with van der Waals surface area (Å²) < 4.78 is 5.36. The molecule has 0 spiro atoms. The van der Waals surface area contributed by atoms with Crippen molar-refractivity contribution < 1.29 is 14.6 Å². The predicted octanol–water partition coefficient (Wildman–Crippen LogP) is 2.09. The van der Waals surface area contributed by atoms with Gasteiger partial charge in [0.15, 0.2) is 0 Å². The highest BCUT2D eigenvalue weighted by Gasteiger charge is 2.24. The summed E-state index contributed by atoms with van der Waals surface area (Å²) in [4.78, 5) is 14.8. The summed E-state index contributed by atoms with van der Waals surface area (Å²) in [7, 11) is 1.50. The van der Waals surface area contributed by atoms with Gasteiger partial charge in [0.2, 0.25) is 0 Å². The largest absolute Gasteiger partial charge is 0.465 e. The lowest BCUT2D eigenvalue weighted by Crippen LogP contribution is -2.40. The fourth-order valence-electron chi connectivity index (χ4n) is 2.02. The van der Waals surface area contributed by atoms with E-state index in [1.54, 1.807) is 0 Å². The molecule has 1 fully saturated rings. The fourth-order valence-corrected chi connectivity index (χ4v) is 2.02. The second-order valence-electron chi connectivity index (χ2n) is 4.28. The topological polar surface area (TPSA) is 98.5 Å². The molecule has 0 radical (unpaired) electrons. The molecule has 1 saturated heterocycles. The van der Waals surface area contributed by atoms with Gasteiger partial charge in [-0.25, -0.2) is 4.79 Å². The van der Waals surface area contributed by atoms with Crippen LogP contribution in [0, 0.1) is 5.92 Å². The maximum atomic E-state index is 10.9. The van der Waals surface area contributed by atoms with Gasteiger partial charge in [-0.1, -0.05) is 5.11 Å². The van der Waals surface area contributed by atoms with E-state index in [2.05, 4.69) is 10.0 Å². The molecular weight excluding hydrogens is 224 g/mol. The molecule has 0 aromatic heterocycles. The van der Waals surface area contributed by atoms with Gasteiger partial charge >= 0.3 is 6.09 Å². The first-order valence-electron chi connectivity index (χ1n) is 5.69. The van der Waals surface area contributed by atoms with E-state index < -0.39 is 6.09 Å². The lowest BCUT2D eigenvalue weighted by Gasteiger charge is -2.30. The number of hydrogen-bond acceptors (Lipinski definition) is 3. The van der Waals surface area contributed by atoms with Crippen LogP contribution in [0.3, 0.4) is 0 Å². The van der Waals surface area contributed by atoms with Gasteiger partial charge in [-0.2, -0.15) is 0 Å². The van der Waals surface area contributed by atoms with Crippen LogP contribution in [0.4, 0.5) is 4.79 Å². The summed E-state index contributed by atoms with van der Waals surface area (Å²) in [5.74, 6) is 0.351. The van der Waals surface area contributed by atoms with Crippen LogP contribution >= 0.6 is 0 Å². The minimum absolute atomic E-state index is 0.176. The molecule has 1 aliphatic heterocycles. The van der Waals surface area contributed by atoms with Crippen LogP contribution in [0.1, 0.15) is 19.3 Å². The number of nitrogens with zero attached hydrogens (tertiary/aromatic N) is 4. The summed E-state index contributed by atoms with van der Waals surface area (Å²) >= 11 is 0. The van der Waals surface area contributed by atoms with Crippen molar-refractivity contribution >= 4 is 6.09 Å². The van der Waals surface area contributed by atoms with Crippen molar-refractivity contribution in [2.24, 2.45) is 11.0 Å². The molecule has 7 heteroatoms. The number of azide groups is 1. The number of ether oxygens (including phenoxy) is 1. The number of amides is 1. The Hall–Kier alpha value is -1.46. The van der Waals surface area contributed by atoms with Gasteiger partial charge < -0.3 is 14.7 Å². The van der Waals surface area contributed by atoms with Crippen LogP contribution in [-0.2, 0) is 4.74 Å². The molecule has 0 bridgehead atoms. The van der Waals surface area contributed by atoms with Gasteiger partial charge in [0.1, 0.15) is 0 Å². The Labute approximate surface area is 100.0 Å². The quantitative estimate of drug-likeness (QED) is 0.454. The zero-order valence-corrected chi connectivity index (χ0v) is 9.95. The van der Waals surface area contributed by atoms with Crippen molar-refractivity contribution in [1.82, 2.24) is 4.90 Å². The van der Waals surface area contributed by atoms with E-state index in [1.807, 2.05) is 0 Å². The molecule has 17 heavy (non-hydrogen) atoms. The third-order valence-corrected chi connectivity index (χ3v) is 3.07. The predicted molar refractivity (Wildman–Crippen MR) is 61.7 cm³/mol. The smallest absolute Gasteiger partial charge is 0.407 e. The van der Waals surface area contributed by atoms with Crippen LogP contribution in [0.2, 0.25) is 0 Å². The summed E-state index contributed by atoms with van der Waals surface area (Å²) in [5, 5.41) is 12.4. The van der Waals surface area contributed by atoms with Gasteiger partial charge in [0, 0.05) is 37.8 Å². The zero-order valence-electron chi connectivity index (χ0n) is 9.95. The first kappa shape index (κ1) is 13.6. The molecule has 1 heterocycles. The molecular formula is C10H18N4O3. The number of carbonyl (C=O) groups is 1. The molecule has 96 valence electrons. The van der Waals surface area contributed by atoms with Gasteiger partial charge in [-0.05, 0) is 30.7 Å². The summed E-state index contributed by atoms with van der Waals surface area (Å²) in [6, 6.07) is -0.268. The Morgan fingerprint density at radius 3 is 3.06 bits per heavy atom. The molecule has 2 atom stereocenters. The average molecular weight is 242 g/mol. The second-order valence-corrected chi connectivity index (χ2v) is 4.28. The van der Waals surface area contributed by atoms with E-state index in [0.29, 0.717) is 18.9 Å². The van der Waals surface area contributed by atoms with Crippen LogP contribution in [0.5, 0.6) is 0 Å². The molecule has 1 unspecified atom stereocenters. The van der Waals surface area contributed by atoms with Crippen LogP contribution in [0.15, 0.2) is 5.11 Å². The molecule has 0 aromatic rings. The Kier molecular flexibility index (Phi) is 5.59. The van der Waals surface area contributed by atoms with E-state index in [1.165, 1.54) is 11.9 Å². The van der Waals surface area contributed by atoms with Gasteiger partial charge in [-0.3, -0.25) is 0 Å². The minimum Gasteiger partial charge on any atom is -0.465 e. The third-order valence-electron chi connectivity index (χ3n) is 3.07. The fraction of sp³-hybridized carbons (Fsp3) is 0.900. The molecule has 0 saturated carbocycles. The summed E-state index contributed by atoms with van der Waals surface area (Å²) in [6.07, 6.45) is 1.73. The van der Waals surface area contributed by atoms with Crippen molar-refractivity contribution in [2.75, 3.05) is 26.8 Å². The van der Waals surface area contributed by atoms with Crippen LogP contribution < -0.4 is 0 Å². The average Bonchev–Trinajstić information content (AvgIpc) is 2.34. The number of carboxylic acid groups (broad SMARTS) is 1. The lowest BCUT2D eigenvalue weighted by atomic mass is 9.94. The van der Waals surface area contributed by atoms with Crippen molar-refractivity contribution in [2.45, 2.75) is 25.3 Å². The van der Waals surface area contributed by atoms with E-state index in [0.717, 1.165) is 19.4 Å². The van der Waals surface area contributed by atoms with Gasteiger partial charge in [-0.15, -0.1) is 0 Å². The first-order valence-corrected chi connectivity index (χ1v) is 5.69. The Balaban J connectivity index is 2.54. The summed E-state index contributed by atoms with van der Waals surface area (Å²) in [6.45, 7) is 1.63. The lowest BCUT2D eigenvalue weighted by molar-refractivity contribution is 0.0405. The number of likely N-dealkylation sites (N-methyl/N-ethyl adjacent to an activating group) is 1. The van der Waals surface area contributed by atoms with Crippen molar-refractivity contribution in [3.05, 3.63) is 10.4 Å². The third kappa shape index (κ3) is 4.50. The molecule has 1 aliphatic rings.